The molecule has 11 heteroatoms. The molecule has 1 fully saturated rings. The molecule has 2 aliphatic rings. The second kappa shape index (κ2) is 9.76. The summed E-state index contributed by atoms with van der Waals surface area (Å²) in [5.74, 6) is 2.47. The van der Waals surface area contributed by atoms with Gasteiger partial charge in [0.25, 0.3) is 18.5 Å². The largest absolute Gasteiger partial charge is 0.497 e. The zero-order chi connectivity index (χ0) is 24.4. The number of thiazole rings is 1. The lowest BCUT2D eigenvalue weighted by Gasteiger charge is -2.25. The van der Waals surface area contributed by atoms with E-state index in [2.05, 4.69) is 26.2 Å². The van der Waals surface area contributed by atoms with Crippen molar-refractivity contribution in [2.75, 3.05) is 35.3 Å². The molecule has 0 spiro atoms. The fourth-order valence-corrected chi connectivity index (χ4v) is 5.27. The molecule has 176 valence electrons. The van der Waals surface area contributed by atoms with Gasteiger partial charge in [-0.15, -0.1) is 11.3 Å². The van der Waals surface area contributed by atoms with Gasteiger partial charge in [0.1, 0.15) is 11.4 Å². The summed E-state index contributed by atoms with van der Waals surface area (Å²) >= 11 is 1.25. The van der Waals surface area contributed by atoms with Gasteiger partial charge in [-0.05, 0) is 36.5 Å². The van der Waals surface area contributed by atoms with E-state index in [9.17, 15) is 14.9 Å². The standard InChI is InChI=1S/C24H23BN6O3S/c1-34-17-4-3-16-13-31(23(33)18(16)11-17)24-29-20(14-35-24)22(32)28-19-12-27-8-5-21(19)30-9-2-6-25(15-26)7-10-30/h3-5,8,11-12,14H,2,6-7,9-10,13H2,1H3,(H,28,32). The number of nitrogens with zero attached hydrogens (tertiary/aromatic N) is 5. The van der Waals surface area contributed by atoms with Crippen molar-refractivity contribution in [2.24, 2.45) is 0 Å². The number of pyridine rings is 1. The third kappa shape index (κ3) is 4.57. The first-order valence-electron chi connectivity index (χ1n) is 11.4. The summed E-state index contributed by atoms with van der Waals surface area (Å²) < 4.78 is 5.23. The molecule has 0 aliphatic carbocycles. The van der Waals surface area contributed by atoms with Crippen LogP contribution >= 0.6 is 11.3 Å². The molecule has 5 rings (SSSR count). The number of nitriles is 1. The maximum absolute atomic E-state index is 13.1. The van der Waals surface area contributed by atoms with Crippen molar-refractivity contribution in [2.45, 2.75) is 25.6 Å². The molecule has 9 nitrogen and oxygen atoms in total. The molecule has 1 saturated heterocycles. The number of hydrogen-bond donors (Lipinski definition) is 1. The van der Waals surface area contributed by atoms with E-state index in [4.69, 9.17) is 4.74 Å². The van der Waals surface area contributed by atoms with Gasteiger partial charge in [0.05, 0.1) is 31.2 Å². The first-order valence-corrected chi connectivity index (χ1v) is 12.3. The molecule has 1 N–H and O–H groups in total. The van der Waals surface area contributed by atoms with E-state index in [0.717, 1.165) is 43.4 Å². The van der Waals surface area contributed by atoms with Crippen molar-refractivity contribution in [3.8, 4) is 11.7 Å². The van der Waals surface area contributed by atoms with E-state index < -0.39 is 0 Å². The topological polar surface area (TPSA) is 111 Å². The lowest BCUT2D eigenvalue weighted by atomic mass is 9.46. The summed E-state index contributed by atoms with van der Waals surface area (Å²) in [6, 6.07) is 7.30. The highest BCUT2D eigenvalue weighted by molar-refractivity contribution is 7.14. The lowest BCUT2D eigenvalue weighted by Crippen LogP contribution is -2.26. The molecule has 35 heavy (non-hydrogen) atoms. The third-order valence-corrected chi connectivity index (χ3v) is 7.24. The van der Waals surface area contributed by atoms with E-state index in [1.54, 1.807) is 35.8 Å². The Hall–Kier alpha value is -3.91. The summed E-state index contributed by atoms with van der Waals surface area (Å²) in [6.45, 7) is 2.02. The average Bonchev–Trinajstić information content (AvgIpc) is 3.41. The van der Waals surface area contributed by atoms with Crippen molar-refractivity contribution in [1.82, 2.24) is 9.97 Å². The molecule has 0 atom stereocenters. The highest BCUT2D eigenvalue weighted by Crippen LogP contribution is 2.33. The Morgan fingerprint density at radius 1 is 1.29 bits per heavy atom. The van der Waals surface area contributed by atoms with Crippen molar-refractivity contribution >= 4 is 46.4 Å². The minimum atomic E-state index is -0.364. The molecule has 0 saturated carbocycles. The van der Waals surface area contributed by atoms with Crippen LogP contribution in [0.2, 0.25) is 12.6 Å². The Morgan fingerprint density at radius 2 is 2.17 bits per heavy atom. The Bertz CT molecular complexity index is 1320. The number of ether oxygens (including phenoxy) is 1. The van der Waals surface area contributed by atoms with E-state index in [0.29, 0.717) is 28.7 Å². The summed E-state index contributed by atoms with van der Waals surface area (Å²) in [6.07, 6.45) is 5.92. The Balaban J connectivity index is 1.31. The molecule has 0 radical (unpaired) electrons. The summed E-state index contributed by atoms with van der Waals surface area (Å²) in [4.78, 5) is 38.4. The molecule has 0 unspecified atom stereocenters. The van der Waals surface area contributed by atoms with Crippen molar-refractivity contribution in [3.05, 3.63) is 58.9 Å². The predicted molar refractivity (Wildman–Crippen MR) is 136 cm³/mol. The quantitative estimate of drug-likeness (QED) is 0.547. The van der Waals surface area contributed by atoms with Gasteiger partial charge >= 0.3 is 0 Å². The van der Waals surface area contributed by atoms with Crippen LogP contribution in [0.4, 0.5) is 16.5 Å². The van der Waals surface area contributed by atoms with Crippen molar-refractivity contribution in [3.63, 3.8) is 0 Å². The van der Waals surface area contributed by atoms with Gasteiger partial charge in [0.2, 0.25) is 0 Å². The van der Waals surface area contributed by atoms with Crippen LogP contribution in [0.3, 0.4) is 0 Å². The highest BCUT2D eigenvalue weighted by atomic mass is 32.1. The van der Waals surface area contributed by atoms with E-state index in [1.165, 1.54) is 11.3 Å². The number of amides is 2. The fraction of sp³-hybridized carbons (Fsp3) is 0.292. The summed E-state index contributed by atoms with van der Waals surface area (Å²) in [5.41, 5.74) is 3.19. The number of rotatable bonds is 5. The second-order valence-corrected chi connectivity index (χ2v) is 9.36. The van der Waals surface area contributed by atoms with Crippen LogP contribution in [-0.2, 0) is 6.54 Å². The minimum Gasteiger partial charge on any atom is -0.497 e. The van der Waals surface area contributed by atoms with Gasteiger partial charge < -0.3 is 15.0 Å². The first-order chi connectivity index (χ1) is 17.1. The lowest BCUT2D eigenvalue weighted by molar-refractivity contribution is 0.0991. The molecule has 1 aromatic carbocycles. The minimum absolute atomic E-state index is 0.0637. The van der Waals surface area contributed by atoms with Gasteiger partial charge in [-0.3, -0.25) is 19.5 Å². The Kier molecular flexibility index (Phi) is 6.38. The second-order valence-electron chi connectivity index (χ2n) is 8.52. The monoisotopic (exact) mass is 486 g/mol. The number of benzene rings is 1. The van der Waals surface area contributed by atoms with Gasteiger partial charge in [-0.25, -0.2) is 10.2 Å². The van der Waals surface area contributed by atoms with Crippen LogP contribution in [0.1, 0.15) is 32.8 Å². The summed E-state index contributed by atoms with van der Waals surface area (Å²) in [7, 11) is 1.56. The average molecular weight is 486 g/mol. The van der Waals surface area contributed by atoms with Crippen LogP contribution in [0, 0.1) is 11.2 Å². The number of anilines is 3. The molecule has 4 heterocycles. The number of methoxy groups -OCH3 is 1. The number of nitrogens with one attached hydrogen (secondary N) is 1. The van der Waals surface area contributed by atoms with Gasteiger partial charge in [-0.1, -0.05) is 12.4 Å². The Morgan fingerprint density at radius 3 is 3.00 bits per heavy atom. The molecule has 2 amide bonds. The Labute approximate surface area is 207 Å². The number of hydrogen-bond acceptors (Lipinski definition) is 8. The smallest absolute Gasteiger partial charge is 0.275 e. The van der Waals surface area contributed by atoms with Gasteiger partial charge in [0.15, 0.2) is 5.13 Å². The number of aromatic nitrogens is 2. The fourth-order valence-electron chi connectivity index (χ4n) is 4.47. The van der Waals surface area contributed by atoms with E-state index in [1.807, 2.05) is 18.2 Å². The van der Waals surface area contributed by atoms with Crippen LogP contribution in [0.25, 0.3) is 0 Å². The molecule has 2 aliphatic heterocycles. The van der Waals surface area contributed by atoms with Crippen LogP contribution in [-0.4, -0.2) is 48.7 Å². The zero-order valence-corrected chi connectivity index (χ0v) is 20.0. The maximum atomic E-state index is 13.1. The molecule has 3 aromatic rings. The van der Waals surface area contributed by atoms with Crippen LogP contribution in [0.15, 0.2) is 42.0 Å². The SMILES string of the molecule is COc1ccc2c(c1)C(=O)N(c1nc(C(=O)Nc3cnccc3N3CCCB(C#N)CC3)cs1)C2. The van der Waals surface area contributed by atoms with Crippen LogP contribution in [0.5, 0.6) is 5.75 Å². The molecular weight excluding hydrogens is 463 g/mol. The molecular formula is C24H23BN6O3S. The number of carbonyl (C=O) groups is 2. The normalized spacial score (nSPS) is 15.4. The third-order valence-electron chi connectivity index (χ3n) is 6.37. The first kappa shape index (κ1) is 22.9. The zero-order valence-electron chi connectivity index (χ0n) is 19.2. The van der Waals surface area contributed by atoms with Crippen molar-refractivity contribution < 1.29 is 14.3 Å². The van der Waals surface area contributed by atoms with Crippen molar-refractivity contribution in [1.29, 1.82) is 5.26 Å². The van der Waals surface area contributed by atoms with Gasteiger partial charge in [-0.2, -0.15) is 0 Å². The molecule has 2 aromatic heterocycles. The highest BCUT2D eigenvalue weighted by Gasteiger charge is 2.31. The number of fused-ring (bicyclic) bond motifs is 1. The maximum Gasteiger partial charge on any atom is 0.275 e. The van der Waals surface area contributed by atoms with Crippen LogP contribution < -0.4 is 19.9 Å². The van der Waals surface area contributed by atoms with E-state index in [-0.39, 0.29) is 24.2 Å². The van der Waals surface area contributed by atoms with Gasteiger partial charge in [0, 0.05) is 36.2 Å². The van der Waals surface area contributed by atoms with E-state index >= 15 is 0 Å². The molecule has 0 bridgehead atoms. The predicted octanol–water partition coefficient (Wildman–Crippen LogP) is 3.73. The summed E-state index contributed by atoms with van der Waals surface area (Å²) in [5, 5.41) is 14.3. The number of carbonyl (C=O) groups excluding carboxylic acids is 2.